The molecule has 0 spiro atoms. The molecule has 0 aromatic carbocycles. The fourth-order valence-corrected chi connectivity index (χ4v) is 1.46. The summed E-state index contributed by atoms with van der Waals surface area (Å²) < 4.78 is 31.0. The van der Waals surface area contributed by atoms with Crippen molar-refractivity contribution in [2.75, 3.05) is 6.61 Å². The molecule has 1 rings (SSSR count). The van der Waals surface area contributed by atoms with E-state index in [4.69, 9.17) is 0 Å². The lowest BCUT2D eigenvalue weighted by Gasteiger charge is -1.96. The largest absolute Gasteiger partial charge is 0.451 e. The van der Waals surface area contributed by atoms with Crippen molar-refractivity contribution >= 4 is 10.1 Å². The van der Waals surface area contributed by atoms with Gasteiger partial charge in [-0.1, -0.05) is 0 Å². The first kappa shape index (κ1) is 8.29. The second kappa shape index (κ2) is 3.06. The van der Waals surface area contributed by atoms with E-state index in [1.165, 1.54) is 18.4 Å². The molecule has 0 saturated heterocycles. The van der Waals surface area contributed by atoms with Crippen molar-refractivity contribution < 1.29 is 17.0 Å². The topological polar surface area (TPSA) is 56.5 Å². The van der Waals surface area contributed by atoms with Gasteiger partial charge in [0.1, 0.15) is 0 Å². The molecular formula is C6H8O4S. The lowest BCUT2D eigenvalue weighted by Crippen LogP contribution is -2.04. The van der Waals surface area contributed by atoms with Crippen molar-refractivity contribution in [3.8, 4) is 0 Å². The first-order valence-electron chi connectivity index (χ1n) is 3.10. The average molecular weight is 176 g/mol. The molecule has 1 aromatic rings. The van der Waals surface area contributed by atoms with E-state index < -0.39 is 10.1 Å². The molecular weight excluding hydrogens is 168 g/mol. The van der Waals surface area contributed by atoms with Crippen molar-refractivity contribution in [3.05, 3.63) is 18.4 Å². The fourth-order valence-electron chi connectivity index (χ4n) is 0.619. The zero-order chi connectivity index (χ0) is 8.32. The second-order valence-corrected chi connectivity index (χ2v) is 3.34. The van der Waals surface area contributed by atoms with Crippen LogP contribution in [0.25, 0.3) is 0 Å². The van der Waals surface area contributed by atoms with Crippen LogP contribution in [0.1, 0.15) is 6.92 Å². The fraction of sp³-hybridized carbons (Fsp3) is 0.333. The standard InChI is InChI=1S/C6H8O4S/c1-2-10-11(7,8)6-4-3-5-9-6/h3-5H,2H2,1H3. The Labute approximate surface area is 64.9 Å². The Kier molecular flexibility index (Phi) is 2.31. The molecule has 1 aromatic heterocycles. The van der Waals surface area contributed by atoms with Gasteiger partial charge in [-0.15, -0.1) is 0 Å². The van der Waals surface area contributed by atoms with Crippen LogP contribution in [0.2, 0.25) is 0 Å². The summed E-state index contributed by atoms with van der Waals surface area (Å²) in [6.45, 7) is 1.71. The van der Waals surface area contributed by atoms with Gasteiger partial charge in [0.15, 0.2) is 0 Å². The van der Waals surface area contributed by atoms with Gasteiger partial charge in [0.2, 0.25) is 5.09 Å². The molecule has 0 radical (unpaired) electrons. The van der Waals surface area contributed by atoms with Crippen LogP contribution in [-0.2, 0) is 14.3 Å². The lowest BCUT2D eigenvalue weighted by atomic mass is 10.7. The van der Waals surface area contributed by atoms with Crippen molar-refractivity contribution in [3.63, 3.8) is 0 Å². The number of hydrogen-bond donors (Lipinski definition) is 0. The highest BCUT2D eigenvalue weighted by Crippen LogP contribution is 2.11. The van der Waals surface area contributed by atoms with Crippen LogP contribution in [0.15, 0.2) is 27.9 Å². The highest BCUT2D eigenvalue weighted by atomic mass is 32.2. The van der Waals surface area contributed by atoms with Crippen LogP contribution >= 0.6 is 0 Å². The molecule has 0 saturated carbocycles. The maximum Gasteiger partial charge on any atom is 0.330 e. The van der Waals surface area contributed by atoms with Crippen LogP contribution < -0.4 is 0 Å². The maximum atomic E-state index is 11.0. The Bertz CT molecular complexity index is 297. The van der Waals surface area contributed by atoms with E-state index in [2.05, 4.69) is 8.60 Å². The van der Waals surface area contributed by atoms with Gasteiger partial charge in [-0.3, -0.25) is 4.18 Å². The molecule has 0 fully saturated rings. The average Bonchev–Trinajstić information content (AvgIpc) is 2.37. The smallest absolute Gasteiger partial charge is 0.330 e. The Morgan fingerprint density at radius 3 is 2.82 bits per heavy atom. The summed E-state index contributed by atoms with van der Waals surface area (Å²) in [6, 6.07) is 2.83. The van der Waals surface area contributed by atoms with Gasteiger partial charge in [-0.25, -0.2) is 0 Å². The van der Waals surface area contributed by atoms with Gasteiger partial charge in [0.25, 0.3) is 0 Å². The van der Waals surface area contributed by atoms with E-state index in [0.29, 0.717) is 0 Å². The molecule has 11 heavy (non-hydrogen) atoms. The van der Waals surface area contributed by atoms with Gasteiger partial charge in [0.05, 0.1) is 12.9 Å². The summed E-state index contributed by atoms with van der Waals surface area (Å²) in [7, 11) is -3.63. The Hall–Kier alpha value is -0.810. The molecule has 0 N–H and O–H groups in total. The predicted octanol–water partition coefficient (Wildman–Crippen LogP) is 1.00. The Balaban J connectivity index is 2.92. The van der Waals surface area contributed by atoms with Crippen LogP contribution in [-0.4, -0.2) is 15.0 Å². The molecule has 0 aliphatic rings. The van der Waals surface area contributed by atoms with Crippen LogP contribution in [0, 0.1) is 0 Å². The molecule has 0 aliphatic heterocycles. The summed E-state index contributed by atoms with van der Waals surface area (Å²) in [5, 5.41) is -0.153. The van der Waals surface area contributed by atoms with Gasteiger partial charge >= 0.3 is 10.1 Å². The summed E-state index contributed by atoms with van der Waals surface area (Å²) in [5.41, 5.74) is 0. The maximum absolute atomic E-state index is 11.0. The van der Waals surface area contributed by atoms with Crippen molar-refractivity contribution in [1.29, 1.82) is 0 Å². The summed E-state index contributed by atoms with van der Waals surface area (Å²) in [4.78, 5) is 0. The molecule has 0 unspecified atom stereocenters. The van der Waals surface area contributed by atoms with E-state index in [9.17, 15) is 8.42 Å². The quantitative estimate of drug-likeness (QED) is 0.645. The number of rotatable bonds is 3. The Morgan fingerprint density at radius 1 is 1.64 bits per heavy atom. The second-order valence-electron chi connectivity index (χ2n) is 1.79. The number of hydrogen-bond acceptors (Lipinski definition) is 4. The zero-order valence-electron chi connectivity index (χ0n) is 5.98. The lowest BCUT2D eigenvalue weighted by molar-refractivity contribution is 0.317. The van der Waals surface area contributed by atoms with E-state index in [1.807, 2.05) is 0 Å². The minimum atomic E-state index is -3.63. The minimum absolute atomic E-state index is 0.114. The SMILES string of the molecule is CCOS(=O)(=O)c1ccco1. The third-order valence-corrected chi connectivity index (χ3v) is 2.29. The van der Waals surface area contributed by atoms with Gasteiger partial charge in [-0.05, 0) is 19.1 Å². The molecule has 1 heterocycles. The van der Waals surface area contributed by atoms with Crippen LogP contribution in [0.5, 0.6) is 0 Å². The van der Waals surface area contributed by atoms with E-state index >= 15 is 0 Å². The van der Waals surface area contributed by atoms with Crippen molar-refractivity contribution in [1.82, 2.24) is 0 Å². The van der Waals surface area contributed by atoms with Crippen LogP contribution in [0.3, 0.4) is 0 Å². The number of furan rings is 1. The molecule has 0 bridgehead atoms. The molecule has 0 aliphatic carbocycles. The normalized spacial score (nSPS) is 11.7. The first-order valence-corrected chi connectivity index (χ1v) is 4.50. The summed E-state index contributed by atoms with van der Waals surface area (Å²) >= 11 is 0. The van der Waals surface area contributed by atoms with Gasteiger partial charge in [0, 0.05) is 0 Å². The minimum Gasteiger partial charge on any atom is -0.451 e. The monoisotopic (exact) mass is 176 g/mol. The molecule has 4 nitrogen and oxygen atoms in total. The van der Waals surface area contributed by atoms with Crippen LogP contribution in [0.4, 0.5) is 0 Å². The Morgan fingerprint density at radius 2 is 2.36 bits per heavy atom. The highest BCUT2D eigenvalue weighted by Gasteiger charge is 2.16. The predicted molar refractivity (Wildman–Crippen MR) is 37.5 cm³/mol. The zero-order valence-corrected chi connectivity index (χ0v) is 6.80. The van der Waals surface area contributed by atoms with E-state index in [1.54, 1.807) is 6.92 Å². The van der Waals surface area contributed by atoms with Crippen molar-refractivity contribution in [2.45, 2.75) is 12.0 Å². The molecule has 5 heteroatoms. The third-order valence-electron chi connectivity index (χ3n) is 1.01. The van der Waals surface area contributed by atoms with E-state index in [-0.39, 0.29) is 11.7 Å². The molecule has 0 atom stereocenters. The summed E-state index contributed by atoms with van der Waals surface area (Å²) in [6.07, 6.45) is 1.28. The first-order chi connectivity index (χ1) is 5.17. The molecule has 62 valence electrons. The van der Waals surface area contributed by atoms with E-state index in [0.717, 1.165) is 0 Å². The highest BCUT2D eigenvalue weighted by molar-refractivity contribution is 7.86. The van der Waals surface area contributed by atoms with Crippen molar-refractivity contribution in [2.24, 2.45) is 0 Å². The van der Waals surface area contributed by atoms with Gasteiger partial charge in [-0.2, -0.15) is 8.42 Å². The third kappa shape index (κ3) is 1.81. The summed E-state index contributed by atoms with van der Waals surface area (Å²) in [5.74, 6) is 0. The van der Waals surface area contributed by atoms with Gasteiger partial charge < -0.3 is 4.42 Å². The molecule has 0 amide bonds.